The predicted octanol–water partition coefficient (Wildman–Crippen LogP) is 2.96. The maximum Gasteiger partial charge on any atom is 0.586 e. The second-order valence-electron chi connectivity index (χ2n) is 5.62. The van der Waals surface area contributed by atoms with Gasteiger partial charge in [-0.25, -0.2) is 0 Å². The zero-order valence-corrected chi connectivity index (χ0v) is 15.4. The average Bonchev–Trinajstić information content (AvgIpc) is 3.12. The van der Waals surface area contributed by atoms with E-state index in [1.807, 2.05) is 0 Å². The summed E-state index contributed by atoms with van der Waals surface area (Å²) in [6.45, 7) is 0. The van der Waals surface area contributed by atoms with Gasteiger partial charge in [0.05, 0.1) is 9.80 Å². The van der Waals surface area contributed by atoms with Gasteiger partial charge in [0.25, 0.3) is 15.9 Å². The molecule has 0 bridgehead atoms. The van der Waals surface area contributed by atoms with Crippen LogP contribution in [0.15, 0.2) is 62.7 Å². The Bertz CT molecular complexity index is 1130. The van der Waals surface area contributed by atoms with Crippen LogP contribution in [0.1, 0.15) is 5.56 Å². The number of sulfonamides is 1. The molecule has 4 rings (SSSR count). The van der Waals surface area contributed by atoms with E-state index in [4.69, 9.17) is 0 Å². The predicted molar refractivity (Wildman–Crippen MR) is 97.4 cm³/mol. The lowest BCUT2D eigenvalue weighted by molar-refractivity contribution is -0.286. The number of halogens is 2. The van der Waals surface area contributed by atoms with E-state index in [0.29, 0.717) is 5.56 Å². The first-order valence-electron chi connectivity index (χ1n) is 7.73. The molecule has 0 unspecified atom stereocenters. The number of rotatable bonds is 3. The topological polar surface area (TPSA) is 94.1 Å². The first-order valence-corrected chi connectivity index (χ1v) is 9.98. The Labute approximate surface area is 162 Å². The van der Waals surface area contributed by atoms with Gasteiger partial charge in [-0.05, 0) is 47.7 Å². The molecule has 2 aromatic rings. The molecule has 1 saturated heterocycles. The largest absolute Gasteiger partial charge is 0.586 e. The second kappa shape index (κ2) is 6.60. The number of hydrogen-bond acceptors (Lipinski definition) is 6. The first kappa shape index (κ1) is 18.4. The molecule has 0 saturated carbocycles. The molecule has 0 aromatic heterocycles. The molecule has 0 radical (unpaired) electrons. The summed E-state index contributed by atoms with van der Waals surface area (Å²) in [5.41, 5.74) is 0.393. The van der Waals surface area contributed by atoms with Crippen molar-refractivity contribution in [2.24, 2.45) is 4.40 Å². The van der Waals surface area contributed by atoms with E-state index >= 15 is 0 Å². The lowest BCUT2D eigenvalue weighted by Crippen LogP contribution is -2.25. The van der Waals surface area contributed by atoms with Crippen molar-refractivity contribution in [3.05, 3.63) is 59.0 Å². The highest BCUT2D eigenvalue weighted by Gasteiger charge is 2.43. The normalized spacial score (nSPS) is 20.6. The highest BCUT2D eigenvalue weighted by atomic mass is 32.2. The first-order chi connectivity index (χ1) is 13.2. The molecule has 28 heavy (non-hydrogen) atoms. The van der Waals surface area contributed by atoms with Crippen LogP contribution in [0.4, 0.5) is 8.78 Å². The number of benzene rings is 2. The van der Waals surface area contributed by atoms with E-state index in [-0.39, 0.29) is 26.5 Å². The van der Waals surface area contributed by atoms with Crippen molar-refractivity contribution in [1.29, 1.82) is 0 Å². The summed E-state index contributed by atoms with van der Waals surface area (Å²) < 4.78 is 63.0. The van der Waals surface area contributed by atoms with Crippen LogP contribution in [-0.4, -0.2) is 25.8 Å². The van der Waals surface area contributed by atoms with Crippen LogP contribution in [0.3, 0.4) is 0 Å². The maximum atomic E-state index is 13.1. The van der Waals surface area contributed by atoms with E-state index in [2.05, 4.69) is 19.2 Å². The molecule has 0 aliphatic carbocycles. The molecule has 7 nitrogen and oxygen atoms in total. The minimum atomic E-state index is -3.98. The fraction of sp³-hybridized carbons (Fsp3) is 0.0588. The summed E-state index contributed by atoms with van der Waals surface area (Å²) in [6.07, 6.45) is -2.34. The van der Waals surface area contributed by atoms with E-state index in [0.717, 1.165) is 11.8 Å². The van der Waals surface area contributed by atoms with E-state index in [1.165, 1.54) is 36.4 Å². The van der Waals surface area contributed by atoms with Crippen LogP contribution in [0.5, 0.6) is 11.5 Å². The van der Waals surface area contributed by atoms with Gasteiger partial charge in [0.2, 0.25) is 0 Å². The smallest absolute Gasteiger partial charge is 0.395 e. The number of nitrogens with one attached hydrogen (secondary N) is 1. The second-order valence-corrected chi connectivity index (χ2v) is 8.26. The molecule has 2 aliphatic heterocycles. The Hall–Kier alpha value is -2.92. The number of thioether (sulfide) groups is 1. The number of carbonyl (C=O) groups is 1. The zero-order chi connectivity index (χ0) is 19.9. The maximum absolute atomic E-state index is 13.1. The van der Waals surface area contributed by atoms with E-state index < -0.39 is 22.2 Å². The van der Waals surface area contributed by atoms with Crippen LogP contribution >= 0.6 is 11.8 Å². The highest BCUT2D eigenvalue weighted by molar-refractivity contribution is 8.19. The summed E-state index contributed by atoms with van der Waals surface area (Å²) in [5, 5.41) is 2.26. The quantitative estimate of drug-likeness (QED) is 0.762. The lowest BCUT2D eigenvalue weighted by atomic mass is 10.2. The molecule has 0 spiro atoms. The summed E-state index contributed by atoms with van der Waals surface area (Å²) in [4.78, 5) is 12.2. The van der Waals surface area contributed by atoms with Crippen LogP contribution < -0.4 is 14.8 Å². The van der Waals surface area contributed by atoms with Crippen molar-refractivity contribution in [3.63, 3.8) is 0 Å². The number of carbonyl (C=O) groups excluding carboxylic acids is 1. The van der Waals surface area contributed by atoms with Crippen molar-refractivity contribution in [1.82, 2.24) is 5.32 Å². The Morgan fingerprint density at radius 1 is 1.07 bits per heavy atom. The van der Waals surface area contributed by atoms with E-state index in [9.17, 15) is 22.0 Å². The van der Waals surface area contributed by atoms with Gasteiger partial charge in [-0.3, -0.25) is 10.1 Å². The number of nitrogens with zero attached hydrogens (tertiary/aromatic N) is 1. The Morgan fingerprint density at radius 3 is 2.54 bits per heavy atom. The molecule has 2 aliphatic rings. The third-order valence-corrected chi connectivity index (χ3v) is 5.93. The van der Waals surface area contributed by atoms with Crippen molar-refractivity contribution in [2.75, 3.05) is 0 Å². The highest BCUT2D eigenvalue weighted by Crippen LogP contribution is 2.41. The molecule has 1 amide bonds. The number of hydrogen-bond donors (Lipinski definition) is 1. The van der Waals surface area contributed by atoms with Gasteiger partial charge >= 0.3 is 6.29 Å². The third-order valence-electron chi connectivity index (χ3n) is 3.62. The average molecular weight is 424 g/mol. The molecular formula is C17H10F2N2O5S2. The molecule has 11 heteroatoms. The summed E-state index contributed by atoms with van der Waals surface area (Å²) in [7, 11) is -3.98. The molecule has 2 heterocycles. The van der Waals surface area contributed by atoms with Crippen molar-refractivity contribution in [3.8, 4) is 11.5 Å². The molecule has 0 atom stereocenters. The Balaban J connectivity index is 1.58. The van der Waals surface area contributed by atoms with Crippen LogP contribution in [0, 0.1) is 0 Å². The standard InChI is InChI=1S/C17H10F2N2O5S2/c18-17(19)25-12-7-6-10(8-13(12)26-17)9-14-15(22)20-16(27-14)21-28(23,24)11-4-2-1-3-5-11/h1-9H,(H,20,21,22). The number of ether oxygens (including phenoxy) is 2. The Morgan fingerprint density at radius 2 is 1.79 bits per heavy atom. The SMILES string of the molecule is O=C1NC(=NS(=O)(=O)c2ccccc2)SC1=Cc1ccc2c(c1)OC(F)(F)O2. The monoisotopic (exact) mass is 424 g/mol. The van der Waals surface area contributed by atoms with Gasteiger partial charge in [-0.1, -0.05) is 24.3 Å². The van der Waals surface area contributed by atoms with Gasteiger partial charge in [-0.2, -0.15) is 8.42 Å². The van der Waals surface area contributed by atoms with Crippen LogP contribution in [0.25, 0.3) is 6.08 Å². The van der Waals surface area contributed by atoms with Gasteiger partial charge in [-0.15, -0.1) is 13.2 Å². The van der Waals surface area contributed by atoms with Crippen molar-refractivity contribution < 1.29 is 31.5 Å². The number of fused-ring (bicyclic) bond motifs is 1. The van der Waals surface area contributed by atoms with Gasteiger partial charge in [0.15, 0.2) is 16.7 Å². The minimum Gasteiger partial charge on any atom is -0.395 e. The number of amides is 1. The third kappa shape index (κ3) is 3.71. The molecule has 2 aromatic carbocycles. The van der Waals surface area contributed by atoms with Crippen molar-refractivity contribution >= 4 is 38.9 Å². The lowest BCUT2D eigenvalue weighted by Gasteiger charge is -2.04. The van der Waals surface area contributed by atoms with Gasteiger partial charge < -0.3 is 9.47 Å². The zero-order valence-electron chi connectivity index (χ0n) is 13.8. The van der Waals surface area contributed by atoms with Gasteiger partial charge in [0, 0.05) is 0 Å². The van der Waals surface area contributed by atoms with E-state index in [1.54, 1.807) is 18.2 Å². The summed E-state index contributed by atoms with van der Waals surface area (Å²) >= 11 is 0.819. The minimum absolute atomic E-state index is 0.00789. The number of amidine groups is 1. The van der Waals surface area contributed by atoms with Crippen molar-refractivity contribution in [2.45, 2.75) is 11.2 Å². The van der Waals surface area contributed by atoms with Crippen LogP contribution in [-0.2, 0) is 14.8 Å². The molecule has 1 fully saturated rings. The fourth-order valence-electron chi connectivity index (χ4n) is 2.43. The van der Waals surface area contributed by atoms with Crippen LogP contribution in [0.2, 0.25) is 0 Å². The summed E-state index contributed by atoms with van der Waals surface area (Å²) in [5.74, 6) is -0.842. The molecular weight excluding hydrogens is 414 g/mol. The fourth-order valence-corrected chi connectivity index (χ4v) is 4.44. The summed E-state index contributed by atoms with van der Waals surface area (Å²) in [6, 6.07) is 11.6. The van der Waals surface area contributed by atoms with Gasteiger partial charge in [0.1, 0.15) is 0 Å². The molecule has 1 N–H and O–H groups in total. The Kier molecular flexibility index (Phi) is 4.35. The molecule has 144 valence electrons. The number of alkyl halides is 2.